The molecule has 0 aromatic heterocycles. The molecule has 2 aromatic carbocycles. The Morgan fingerprint density at radius 3 is 2.63 bits per heavy atom. The van der Waals surface area contributed by atoms with E-state index < -0.39 is 11.6 Å². The Balaban J connectivity index is 1.71. The van der Waals surface area contributed by atoms with Crippen molar-refractivity contribution in [3.8, 4) is 5.75 Å². The highest BCUT2D eigenvalue weighted by Gasteiger charge is 2.53. The first-order chi connectivity index (χ1) is 12.9. The van der Waals surface area contributed by atoms with Gasteiger partial charge in [0.1, 0.15) is 11.3 Å². The fourth-order valence-electron chi connectivity index (χ4n) is 3.71. The molecule has 5 nitrogen and oxygen atoms in total. The van der Waals surface area contributed by atoms with E-state index in [1.165, 1.54) is 6.08 Å². The van der Waals surface area contributed by atoms with Crippen LogP contribution < -0.4 is 4.74 Å². The lowest BCUT2D eigenvalue weighted by atomic mass is 9.76. The van der Waals surface area contributed by atoms with Crippen LogP contribution in [0.1, 0.15) is 35.3 Å². The average molecular weight is 363 g/mol. The Morgan fingerprint density at radius 1 is 1.15 bits per heavy atom. The van der Waals surface area contributed by atoms with Crippen LogP contribution in [0.2, 0.25) is 0 Å². The van der Waals surface area contributed by atoms with Gasteiger partial charge in [0.2, 0.25) is 5.71 Å². The second-order valence-electron chi connectivity index (χ2n) is 7.45. The summed E-state index contributed by atoms with van der Waals surface area (Å²) in [5.74, 6) is 0.316. The van der Waals surface area contributed by atoms with Crippen molar-refractivity contribution in [1.82, 2.24) is 0 Å². The van der Waals surface area contributed by atoms with Gasteiger partial charge in [0, 0.05) is 17.6 Å². The van der Waals surface area contributed by atoms with Gasteiger partial charge in [0.25, 0.3) is 6.23 Å². The summed E-state index contributed by atoms with van der Waals surface area (Å²) in [6.45, 7) is 3.95. The molecular formula is C22H21NO4. The second-order valence-corrected chi connectivity index (χ2v) is 7.45. The Bertz CT molecular complexity index is 973. The monoisotopic (exact) mass is 363 g/mol. The SMILES string of the molecule is CC1(C)C2=CC(=O)c3cccc(OCCc4ccccc4)c3C2=[N+]([O-])C1O. The van der Waals surface area contributed by atoms with Gasteiger partial charge in [-0.25, -0.2) is 0 Å². The standard InChI is InChI=1S/C22H21NO4/c1-22(2)16-13-17(24)15-9-6-10-18(19(15)20(16)23(26)21(22)25)27-12-11-14-7-4-3-5-8-14/h3-10,13,21,25H,11-12H2,1-2H3. The van der Waals surface area contributed by atoms with Crippen molar-refractivity contribution in [3.63, 3.8) is 0 Å². The Morgan fingerprint density at radius 2 is 1.89 bits per heavy atom. The van der Waals surface area contributed by atoms with Crippen molar-refractivity contribution in [2.45, 2.75) is 26.5 Å². The van der Waals surface area contributed by atoms with E-state index in [1.54, 1.807) is 32.0 Å². The molecule has 1 atom stereocenters. The molecule has 5 heteroatoms. The zero-order chi connectivity index (χ0) is 19.2. The van der Waals surface area contributed by atoms with E-state index in [2.05, 4.69) is 0 Å². The first-order valence-corrected chi connectivity index (χ1v) is 8.99. The molecule has 0 saturated heterocycles. The predicted octanol–water partition coefficient (Wildman–Crippen LogP) is 3.09. The summed E-state index contributed by atoms with van der Waals surface area (Å²) in [5, 5.41) is 23.1. The number of aliphatic hydroxyl groups excluding tert-OH is 1. The van der Waals surface area contributed by atoms with Crippen LogP contribution in [-0.4, -0.2) is 34.2 Å². The molecule has 2 aromatic rings. The van der Waals surface area contributed by atoms with Crippen LogP contribution in [0.3, 0.4) is 0 Å². The number of hydroxylamine groups is 1. The number of fused-ring (bicyclic) bond motifs is 3. The third-order valence-electron chi connectivity index (χ3n) is 5.33. The molecule has 0 spiro atoms. The molecule has 0 radical (unpaired) electrons. The van der Waals surface area contributed by atoms with Gasteiger partial charge in [-0.15, -0.1) is 0 Å². The fraction of sp³-hybridized carbons (Fsp3) is 0.273. The number of carbonyl (C=O) groups excluding carboxylic acids is 1. The number of ketones is 1. The summed E-state index contributed by atoms with van der Waals surface area (Å²) in [4.78, 5) is 12.6. The zero-order valence-electron chi connectivity index (χ0n) is 15.3. The summed E-state index contributed by atoms with van der Waals surface area (Å²) >= 11 is 0. The summed E-state index contributed by atoms with van der Waals surface area (Å²) in [6.07, 6.45) is 0.938. The van der Waals surface area contributed by atoms with Crippen LogP contribution in [0.15, 0.2) is 60.2 Å². The van der Waals surface area contributed by atoms with Gasteiger partial charge in [-0.3, -0.25) is 4.79 Å². The average Bonchev–Trinajstić information content (AvgIpc) is 2.83. The lowest BCUT2D eigenvalue weighted by Crippen LogP contribution is -2.31. The molecule has 27 heavy (non-hydrogen) atoms. The van der Waals surface area contributed by atoms with Crippen molar-refractivity contribution in [1.29, 1.82) is 0 Å². The maximum Gasteiger partial charge on any atom is 0.275 e. The van der Waals surface area contributed by atoms with Gasteiger partial charge in [-0.2, -0.15) is 4.74 Å². The van der Waals surface area contributed by atoms with E-state index in [0.29, 0.717) is 45.9 Å². The molecule has 0 amide bonds. The van der Waals surface area contributed by atoms with Gasteiger partial charge >= 0.3 is 0 Å². The number of benzene rings is 2. The summed E-state index contributed by atoms with van der Waals surface area (Å²) in [5.41, 5.74) is 2.11. The quantitative estimate of drug-likeness (QED) is 0.669. The maximum atomic E-state index is 12.7. The van der Waals surface area contributed by atoms with E-state index in [-0.39, 0.29) is 5.78 Å². The van der Waals surface area contributed by atoms with E-state index in [0.717, 1.165) is 5.56 Å². The smallest absolute Gasteiger partial charge is 0.275 e. The van der Waals surface area contributed by atoms with E-state index in [9.17, 15) is 15.1 Å². The van der Waals surface area contributed by atoms with Crippen LogP contribution in [-0.2, 0) is 6.42 Å². The number of hydrogen-bond acceptors (Lipinski definition) is 4. The highest BCUT2D eigenvalue weighted by atomic mass is 16.5. The van der Waals surface area contributed by atoms with E-state index >= 15 is 0 Å². The lowest BCUT2D eigenvalue weighted by Gasteiger charge is -2.22. The molecule has 0 fully saturated rings. The van der Waals surface area contributed by atoms with Crippen LogP contribution in [0.5, 0.6) is 5.75 Å². The van der Waals surface area contributed by atoms with Gasteiger partial charge in [-0.1, -0.05) is 36.4 Å². The highest BCUT2D eigenvalue weighted by molar-refractivity contribution is 6.27. The normalized spacial score (nSPS) is 20.2. The molecule has 1 unspecified atom stereocenters. The topological polar surface area (TPSA) is 72.6 Å². The number of allylic oxidation sites excluding steroid dienone is 1. The molecule has 1 N–H and O–H groups in total. The molecular weight excluding hydrogens is 342 g/mol. The molecule has 0 saturated carbocycles. The number of rotatable bonds is 4. The molecule has 1 aliphatic carbocycles. The van der Waals surface area contributed by atoms with Crippen molar-refractivity contribution in [2.75, 3.05) is 6.61 Å². The minimum Gasteiger partial charge on any atom is -0.621 e. The largest absolute Gasteiger partial charge is 0.621 e. The maximum absolute atomic E-state index is 12.7. The fourth-order valence-corrected chi connectivity index (χ4v) is 3.71. The third kappa shape index (κ3) is 2.75. The predicted molar refractivity (Wildman–Crippen MR) is 102 cm³/mol. The molecule has 138 valence electrons. The number of carbonyl (C=O) groups is 1. The Hall–Kier alpha value is -2.92. The van der Waals surface area contributed by atoms with Crippen LogP contribution in [0.25, 0.3) is 0 Å². The van der Waals surface area contributed by atoms with Gasteiger partial charge in [0.05, 0.1) is 12.0 Å². The molecule has 1 aliphatic heterocycles. The summed E-state index contributed by atoms with van der Waals surface area (Å²) in [7, 11) is 0. The van der Waals surface area contributed by atoms with Gasteiger partial charge in [0.15, 0.2) is 5.78 Å². The number of nitrogens with zero attached hydrogens (tertiary/aromatic N) is 1. The van der Waals surface area contributed by atoms with Crippen molar-refractivity contribution >= 4 is 11.5 Å². The number of ether oxygens (including phenoxy) is 1. The van der Waals surface area contributed by atoms with E-state index in [1.807, 2.05) is 30.3 Å². The highest BCUT2D eigenvalue weighted by Crippen LogP contribution is 2.44. The van der Waals surface area contributed by atoms with Gasteiger partial charge < -0.3 is 15.1 Å². The first-order valence-electron chi connectivity index (χ1n) is 8.99. The Labute approximate surface area is 157 Å². The van der Waals surface area contributed by atoms with Crippen molar-refractivity contribution in [3.05, 3.63) is 82.1 Å². The van der Waals surface area contributed by atoms with Crippen molar-refractivity contribution < 1.29 is 19.4 Å². The number of hydrogen-bond donors (Lipinski definition) is 1. The van der Waals surface area contributed by atoms with E-state index in [4.69, 9.17) is 4.74 Å². The van der Waals surface area contributed by atoms with Crippen LogP contribution in [0, 0.1) is 10.6 Å². The van der Waals surface area contributed by atoms with Crippen LogP contribution >= 0.6 is 0 Å². The molecule has 4 rings (SSSR count). The lowest BCUT2D eigenvalue weighted by molar-refractivity contribution is -0.557. The summed E-state index contributed by atoms with van der Waals surface area (Å²) in [6, 6.07) is 15.2. The minimum absolute atomic E-state index is 0.173. The minimum atomic E-state index is -1.24. The number of aliphatic hydroxyl groups is 1. The molecule has 2 aliphatic rings. The second kappa shape index (κ2) is 6.35. The zero-order valence-corrected chi connectivity index (χ0v) is 15.3. The first kappa shape index (κ1) is 17.5. The Kier molecular flexibility index (Phi) is 4.12. The van der Waals surface area contributed by atoms with Crippen molar-refractivity contribution in [2.24, 2.45) is 5.41 Å². The molecule has 1 heterocycles. The van der Waals surface area contributed by atoms with Crippen LogP contribution in [0.4, 0.5) is 0 Å². The third-order valence-corrected chi connectivity index (χ3v) is 5.33. The van der Waals surface area contributed by atoms with Gasteiger partial charge in [-0.05, 0) is 37.6 Å². The molecule has 0 bridgehead atoms. The summed E-state index contributed by atoms with van der Waals surface area (Å²) < 4.78 is 6.57.